The van der Waals surface area contributed by atoms with Crippen LogP contribution in [0.4, 0.5) is 0 Å². The molecule has 0 fully saturated rings. The van der Waals surface area contributed by atoms with Gasteiger partial charge >= 0.3 is 20.5 Å². The van der Waals surface area contributed by atoms with Crippen molar-refractivity contribution in [3.63, 3.8) is 0 Å². The molecule has 0 radical (unpaired) electrons. The van der Waals surface area contributed by atoms with Gasteiger partial charge < -0.3 is 14.5 Å². The molecule has 0 aromatic heterocycles. The van der Waals surface area contributed by atoms with Crippen LogP contribution < -0.4 is 0 Å². The van der Waals surface area contributed by atoms with Crippen LogP contribution in [0.3, 0.4) is 0 Å². The minimum atomic E-state index is -2.34. The zero-order valence-corrected chi connectivity index (χ0v) is 8.07. The molecule has 0 aliphatic heterocycles. The fourth-order valence-corrected chi connectivity index (χ4v) is 0.964. The Morgan fingerprint density at radius 3 is 2.57 bits per heavy atom. The van der Waals surface area contributed by atoms with E-state index in [9.17, 15) is 9.59 Å². The number of hydrogen-bond donors (Lipinski definition) is 2. The quantitative estimate of drug-likeness (QED) is 0.492. The van der Waals surface area contributed by atoms with Gasteiger partial charge in [-0.25, -0.2) is 0 Å². The Hall–Kier alpha value is -1.15. The van der Waals surface area contributed by atoms with Crippen LogP contribution in [0.1, 0.15) is 12.8 Å². The standard InChI is InChI=1S/C7H9O6P/c1-2-5-12-14(11)13-7(10)4-3-6(8)9/h1,11H,3-5H2,(H,8,9). The molecule has 0 saturated carbocycles. The third-order valence-electron chi connectivity index (χ3n) is 0.981. The minimum Gasteiger partial charge on any atom is -0.481 e. The number of aliphatic carboxylic acids is 1. The van der Waals surface area contributed by atoms with E-state index < -0.39 is 20.5 Å². The molecule has 78 valence electrons. The number of carboxylic acid groups (broad SMARTS) is 1. The monoisotopic (exact) mass is 220 g/mol. The SMILES string of the molecule is C#CCOP(O)OC(=O)CCC(=O)O. The van der Waals surface area contributed by atoms with E-state index in [0.29, 0.717) is 0 Å². The van der Waals surface area contributed by atoms with E-state index in [-0.39, 0.29) is 19.4 Å². The molecule has 0 aromatic rings. The molecule has 2 N–H and O–H groups in total. The lowest BCUT2D eigenvalue weighted by Gasteiger charge is -2.07. The van der Waals surface area contributed by atoms with Gasteiger partial charge in [-0.05, 0) is 0 Å². The first kappa shape index (κ1) is 12.8. The normalized spacial score (nSPS) is 11.4. The predicted octanol–water partition coefficient (Wildman–Crippen LogP) is 0.263. The second-order valence-corrected chi connectivity index (χ2v) is 2.99. The van der Waals surface area contributed by atoms with Crippen molar-refractivity contribution in [2.75, 3.05) is 6.61 Å². The van der Waals surface area contributed by atoms with Crippen molar-refractivity contribution in [3.8, 4) is 12.3 Å². The Bertz CT molecular complexity index is 245. The molecule has 6 nitrogen and oxygen atoms in total. The van der Waals surface area contributed by atoms with Gasteiger partial charge in [0.1, 0.15) is 6.61 Å². The van der Waals surface area contributed by atoms with Gasteiger partial charge in [0.05, 0.1) is 12.8 Å². The lowest BCUT2D eigenvalue weighted by molar-refractivity contribution is -0.142. The molecule has 14 heavy (non-hydrogen) atoms. The molecule has 0 aliphatic carbocycles. The van der Waals surface area contributed by atoms with Crippen molar-refractivity contribution in [1.29, 1.82) is 0 Å². The second kappa shape index (κ2) is 7.27. The fourth-order valence-electron chi connectivity index (χ4n) is 0.461. The van der Waals surface area contributed by atoms with Crippen molar-refractivity contribution in [1.82, 2.24) is 0 Å². The number of terminal acetylenes is 1. The van der Waals surface area contributed by atoms with Crippen LogP contribution in [0.15, 0.2) is 0 Å². The zero-order chi connectivity index (χ0) is 11.0. The van der Waals surface area contributed by atoms with Gasteiger partial charge in [0.15, 0.2) is 0 Å². The van der Waals surface area contributed by atoms with Crippen LogP contribution in [0.5, 0.6) is 0 Å². The van der Waals surface area contributed by atoms with Crippen molar-refractivity contribution in [2.45, 2.75) is 12.8 Å². The van der Waals surface area contributed by atoms with E-state index in [1.54, 1.807) is 0 Å². The van der Waals surface area contributed by atoms with E-state index in [1.807, 2.05) is 0 Å². The number of hydrogen-bond acceptors (Lipinski definition) is 5. The Balaban J connectivity index is 3.61. The van der Waals surface area contributed by atoms with Crippen LogP contribution in [0.2, 0.25) is 0 Å². The highest BCUT2D eigenvalue weighted by Gasteiger charge is 2.14. The highest BCUT2D eigenvalue weighted by atomic mass is 31.2. The summed E-state index contributed by atoms with van der Waals surface area (Å²) in [5.41, 5.74) is 0. The topological polar surface area (TPSA) is 93.1 Å². The first-order chi connectivity index (χ1) is 6.56. The van der Waals surface area contributed by atoms with Gasteiger partial charge in [0.25, 0.3) is 0 Å². The van der Waals surface area contributed by atoms with Crippen molar-refractivity contribution >= 4 is 20.5 Å². The van der Waals surface area contributed by atoms with E-state index in [2.05, 4.69) is 15.0 Å². The Kier molecular flexibility index (Phi) is 6.68. The Morgan fingerprint density at radius 2 is 2.07 bits per heavy atom. The minimum absolute atomic E-state index is 0.172. The summed E-state index contributed by atoms with van der Waals surface area (Å²) in [5, 5.41) is 8.22. The van der Waals surface area contributed by atoms with E-state index >= 15 is 0 Å². The van der Waals surface area contributed by atoms with Crippen molar-refractivity contribution in [3.05, 3.63) is 0 Å². The Morgan fingerprint density at radius 1 is 1.43 bits per heavy atom. The molecule has 1 atom stereocenters. The summed E-state index contributed by atoms with van der Waals surface area (Å²) in [7, 11) is -2.34. The van der Waals surface area contributed by atoms with E-state index in [4.69, 9.17) is 16.4 Å². The summed E-state index contributed by atoms with van der Waals surface area (Å²) in [4.78, 5) is 29.7. The van der Waals surface area contributed by atoms with Crippen LogP contribution >= 0.6 is 8.60 Å². The largest absolute Gasteiger partial charge is 0.481 e. The lowest BCUT2D eigenvalue weighted by atomic mass is 10.3. The number of carboxylic acids is 1. The van der Waals surface area contributed by atoms with Crippen LogP contribution in [-0.2, 0) is 18.6 Å². The maximum Gasteiger partial charge on any atom is 0.397 e. The average Bonchev–Trinajstić information content (AvgIpc) is 2.11. The maximum atomic E-state index is 10.8. The summed E-state index contributed by atoms with van der Waals surface area (Å²) >= 11 is 0. The number of carbonyl (C=O) groups is 2. The summed E-state index contributed by atoms with van der Waals surface area (Å²) in [6, 6.07) is 0. The van der Waals surface area contributed by atoms with Crippen LogP contribution in [-0.4, -0.2) is 28.5 Å². The van der Waals surface area contributed by atoms with E-state index in [1.165, 1.54) is 0 Å². The highest BCUT2D eigenvalue weighted by molar-refractivity contribution is 7.41. The smallest absolute Gasteiger partial charge is 0.397 e. The summed E-state index contributed by atoms with van der Waals surface area (Å²) in [5.74, 6) is 0.119. The summed E-state index contributed by atoms with van der Waals surface area (Å²) in [6.45, 7) is -0.172. The third-order valence-corrected chi connectivity index (χ3v) is 1.69. The summed E-state index contributed by atoms with van der Waals surface area (Å²) < 4.78 is 8.77. The van der Waals surface area contributed by atoms with Gasteiger partial charge in [0.2, 0.25) is 0 Å². The van der Waals surface area contributed by atoms with Gasteiger partial charge in [-0.3, -0.25) is 14.1 Å². The van der Waals surface area contributed by atoms with Gasteiger partial charge in [-0.15, -0.1) is 6.42 Å². The first-order valence-electron chi connectivity index (χ1n) is 3.54. The fraction of sp³-hybridized carbons (Fsp3) is 0.429. The van der Waals surface area contributed by atoms with Crippen molar-refractivity contribution < 1.29 is 28.6 Å². The van der Waals surface area contributed by atoms with Crippen LogP contribution in [0, 0.1) is 12.3 Å². The lowest BCUT2D eigenvalue weighted by Crippen LogP contribution is -2.05. The third kappa shape index (κ3) is 7.50. The summed E-state index contributed by atoms with van der Waals surface area (Å²) in [6.07, 6.45) is 4.15. The average molecular weight is 220 g/mol. The van der Waals surface area contributed by atoms with Gasteiger partial charge in [-0.2, -0.15) is 0 Å². The molecular formula is C7H9O6P. The van der Waals surface area contributed by atoms with Crippen LogP contribution in [0.25, 0.3) is 0 Å². The van der Waals surface area contributed by atoms with Crippen molar-refractivity contribution in [2.24, 2.45) is 0 Å². The zero-order valence-electron chi connectivity index (χ0n) is 7.17. The number of rotatable bonds is 6. The molecule has 0 aliphatic rings. The molecule has 1 unspecified atom stereocenters. The first-order valence-corrected chi connectivity index (χ1v) is 4.67. The van der Waals surface area contributed by atoms with E-state index in [0.717, 1.165) is 0 Å². The highest BCUT2D eigenvalue weighted by Crippen LogP contribution is 2.32. The molecule has 0 aromatic carbocycles. The molecule has 0 spiro atoms. The molecule has 0 heterocycles. The van der Waals surface area contributed by atoms with Gasteiger partial charge in [0, 0.05) is 0 Å². The molecule has 0 rings (SSSR count). The van der Waals surface area contributed by atoms with Gasteiger partial charge in [-0.1, -0.05) is 5.92 Å². The second-order valence-electron chi connectivity index (χ2n) is 2.07. The Labute approximate surface area is 81.8 Å². The maximum absolute atomic E-state index is 10.8. The predicted molar refractivity (Wildman–Crippen MR) is 46.9 cm³/mol. The molecule has 0 saturated heterocycles. The molecule has 0 bridgehead atoms. The molecular weight excluding hydrogens is 211 g/mol. The number of carbonyl (C=O) groups excluding carboxylic acids is 1. The molecule has 7 heteroatoms. The molecule has 0 amide bonds.